The molecule has 0 saturated carbocycles. The van der Waals surface area contributed by atoms with Crippen molar-refractivity contribution in [2.24, 2.45) is 0 Å². The van der Waals surface area contributed by atoms with Crippen LogP contribution in [-0.2, 0) is 16.0 Å². The maximum Gasteiger partial charge on any atom is 0.310 e. The van der Waals surface area contributed by atoms with Gasteiger partial charge in [-0.25, -0.2) is 0 Å². The number of rotatable bonds is 5. The Hall–Kier alpha value is -2.75. The number of hydrogen-bond acceptors (Lipinski definition) is 4. The second-order valence-electron chi connectivity index (χ2n) is 5.15. The quantitative estimate of drug-likeness (QED) is 0.795. The van der Waals surface area contributed by atoms with E-state index < -0.39 is 0 Å². The van der Waals surface area contributed by atoms with E-state index in [0.29, 0.717) is 19.0 Å². The molecule has 0 aliphatic carbocycles. The van der Waals surface area contributed by atoms with Gasteiger partial charge in [-0.1, -0.05) is 42.5 Å². The first-order valence-electron chi connectivity index (χ1n) is 7.57. The highest BCUT2D eigenvalue weighted by Crippen LogP contribution is 2.30. The third-order valence-electron chi connectivity index (χ3n) is 3.41. The summed E-state index contributed by atoms with van der Waals surface area (Å²) in [6, 6.07) is 15.4. The maximum atomic E-state index is 11.9. The molecule has 0 amide bonds. The van der Waals surface area contributed by atoms with Crippen LogP contribution >= 0.6 is 0 Å². The van der Waals surface area contributed by atoms with Gasteiger partial charge in [-0.3, -0.25) is 4.79 Å². The van der Waals surface area contributed by atoms with Crippen LogP contribution in [0, 0.1) is 0 Å². The lowest BCUT2D eigenvalue weighted by atomic mass is 10.1. The Morgan fingerprint density at radius 2 is 1.83 bits per heavy atom. The van der Waals surface area contributed by atoms with Crippen molar-refractivity contribution < 1.29 is 19.0 Å². The van der Waals surface area contributed by atoms with Crippen LogP contribution < -0.4 is 9.47 Å². The highest BCUT2D eigenvalue weighted by Gasteiger charge is 2.13. The fourth-order valence-electron chi connectivity index (χ4n) is 2.30. The number of fused-ring (bicyclic) bond motifs is 1. The number of esters is 1. The van der Waals surface area contributed by atoms with E-state index in [1.165, 1.54) is 0 Å². The van der Waals surface area contributed by atoms with Crippen LogP contribution in [0.2, 0.25) is 0 Å². The zero-order valence-corrected chi connectivity index (χ0v) is 12.7. The summed E-state index contributed by atoms with van der Waals surface area (Å²) >= 11 is 0. The molecule has 0 unspecified atom stereocenters. The molecule has 0 bridgehead atoms. The Morgan fingerprint density at radius 1 is 1.04 bits per heavy atom. The summed E-state index contributed by atoms with van der Waals surface area (Å²) in [6.45, 7) is 1.35. The number of carbonyl (C=O) groups is 1. The molecule has 0 atom stereocenters. The van der Waals surface area contributed by atoms with Gasteiger partial charge in [0.25, 0.3) is 0 Å². The molecule has 3 rings (SSSR count). The first kappa shape index (κ1) is 15.2. The van der Waals surface area contributed by atoms with Crippen molar-refractivity contribution >= 4 is 12.0 Å². The highest BCUT2D eigenvalue weighted by atomic mass is 16.6. The van der Waals surface area contributed by atoms with Gasteiger partial charge in [-0.05, 0) is 29.3 Å². The van der Waals surface area contributed by atoms with E-state index in [9.17, 15) is 4.79 Å². The molecule has 2 aromatic rings. The third-order valence-corrected chi connectivity index (χ3v) is 3.41. The maximum absolute atomic E-state index is 11.9. The van der Waals surface area contributed by atoms with E-state index in [1.807, 2.05) is 60.7 Å². The molecule has 1 aliphatic rings. The number of carbonyl (C=O) groups excluding carboxylic acids is 1. The topological polar surface area (TPSA) is 44.8 Å². The van der Waals surface area contributed by atoms with Crippen LogP contribution in [0.5, 0.6) is 11.5 Å². The first-order valence-corrected chi connectivity index (χ1v) is 7.57. The predicted molar refractivity (Wildman–Crippen MR) is 87.6 cm³/mol. The second-order valence-corrected chi connectivity index (χ2v) is 5.15. The molecular weight excluding hydrogens is 292 g/mol. The number of benzene rings is 2. The summed E-state index contributed by atoms with van der Waals surface area (Å²) in [7, 11) is 0. The third kappa shape index (κ3) is 4.36. The van der Waals surface area contributed by atoms with Crippen molar-refractivity contribution in [3.63, 3.8) is 0 Å². The van der Waals surface area contributed by atoms with E-state index in [4.69, 9.17) is 14.2 Å². The van der Waals surface area contributed by atoms with Crippen molar-refractivity contribution in [1.82, 2.24) is 0 Å². The lowest BCUT2D eigenvalue weighted by Gasteiger charge is -2.18. The fourth-order valence-corrected chi connectivity index (χ4v) is 2.30. The molecule has 2 aromatic carbocycles. The number of ether oxygens (including phenoxy) is 3. The van der Waals surface area contributed by atoms with E-state index in [2.05, 4.69) is 0 Å². The Bertz CT molecular complexity index is 692. The van der Waals surface area contributed by atoms with Gasteiger partial charge in [0, 0.05) is 0 Å². The molecule has 0 saturated heterocycles. The lowest BCUT2D eigenvalue weighted by molar-refractivity contribution is -0.141. The highest BCUT2D eigenvalue weighted by molar-refractivity contribution is 5.73. The molecular formula is C19H18O4. The second kappa shape index (κ2) is 7.49. The van der Waals surface area contributed by atoms with Gasteiger partial charge < -0.3 is 14.2 Å². The van der Waals surface area contributed by atoms with Gasteiger partial charge in [0.15, 0.2) is 11.5 Å². The molecule has 0 N–H and O–H groups in total. The molecule has 4 heteroatoms. The molecule has 0 fully saturated rings. The smallest absolute Gasteiger partial charge is 0.310 e. The summed E-state index contributed by atoms with van der Waals surface area (Å²) in [5.74, 6) is 1.14. The van der Waals surface area contributed by atoms with Crippen LogP contribution in [0.3, 0.4) is 0 Å². The van der Waals surface area contributed by atoms with Crippen LogP contribution in [0.15, 0.2) is 54.6 Å². The van der Waals surface area contributed by atoms with Crippen LogP contribution in [0.25, 0.3) is 6.08 Å². The van der Waals surface area contributed by atoms with Crippen LogP contribution in [-0.4, -0.2) is 25.8 Å². The van der Waals surface area contributed by atoms with E-state index in [-0.39, 0.29) is 19.0 Å². The SMILES string of the molecule is O=C(Cc1ccc2c(c1)OCCO2)OC/C=C/c1ccccc1. The molecule has 0 radical (unpaired) electrons. The van der Waals surface area contributed by atoms with Gasteiger partial charge in [0.1, 0.15) is 19.8 Å². The molecule has 0 aromatic heterocycles. The van der Waals surface area contributed by atoms with Crippen molar-refractivity contribution in [2.75, 3.05) is 19.8 Å². The van der Waals surface area contributed by atoms with Crippen molar-refractivity contribution in [1.29, 1.82) is 0 Å². The fraction of sp³-hybridized carbons (Fsp3) is 0.211. The number of hydrogen-bond donors (Lipinski definition) is 0. The van der Waals surface area contributed by atoms with E-state index in [0.717, 1.165) is 16.9 Å². The average Bonchev–Trinajstić information content (AvgIpc) is 2.59. The minimum Gasteiger partial charge on any atom is -0.486 e. The van der Waals surface area contributed by atoms with Crippen molar-refractivity contribution in [2.45, 2.75) is 6.42 Å². The minimum absolute atomic E-state index is 0.218. The Balaban J connectivity index is 1.49. The summed E-state index contributed by atoms with van der Waals surface area (Å²) in [5.41, 5.74) is 1.93. The molecule has 1 aliphatic heterocycles. The summed E-state index contributed by atoms with van der Waals surface area (Å²) < 4.78 is 16.2. The van der Waals surface area contributed by atoms with Gasteiger partial charge in [-0.15, -0.1) is 0 Å². The summed E-state index contributed by atoms with van der Waals surface area (Å²) in [6.07, 6.45) is 3.98. The van der Waals surface area contributed by atoms with Crippen molar-refractivity contribution in [3.05, 3.63) is 65.7 Å². The van der Waals surface area contributed by atoms with Gasteiger partial charge in [0.05, 0.1) is 6.42 Å². The minimum atomic E-state index is -0.264. The zero-order valence-electron chi connectivity index (χ0n) is 12.7. The van der Waals surface area contributed by atoms with Crippen LogP contribution in [0.4, 0.5) is 0 Å². The van der Waals surface area contributed by atoms with Crippen LogP contribution in [0.1, 0.15) is 11.1 Å². The molecule has 23 heavy (non-hydrogen) atoms. The standard InChI is InChI=1S/C19H18O4/c20-19(23-10-4-7-15-5-2-1-3-6-15)14-16-8-9-17-18(13-16)22-12-11-21-17/h1-9,13H,10-12,14H2/b7-4+. The molecule has 4 nitrogen and oxygen atoms in total. The Labute approximate surface area is 135 Å². The van der Waals surface area contributed by atoms with Gasteiger partial charge in [0.2, 0.25) is 0 Å². The zero-order chi connectivity index (χ0) is 15.9. The molecule has 0 spiro atoms. The Morgan fingerprint density at radius 3 is 2.65 bits per heavy atom. The predicted octanol–water partition coefficient (Wildman–Crippen LogP) is 3.26. The van der Waals surface area contributed by atoms with E-state index >= 15 is 0 Å². The normalized spacial score (nSPS) is 13.0. The largest absolute Gasteiger partial charge is 0.486 e. The monoisotopic (exact) mass is 310 g/mol. The van der Waals surface area contributed by atoms with Gasteiger partial charge in [-0.2, -0.15) is 0 Å². The van der Waals surface area contributed by atoms with Crippen molar-refractivity contribution in [3.8, 4) is 11.5 Å². The summed E-state index contributed by atoms with van der Waals surface area (Å²) in [5, 5.41) is 0. The average molecular weight is 310 g/mol. The molecule has 118 valence electrons. The lowest BCUT2D eigenvalue weighted by Crippen LogP contribution is -2.16. The van der Waals surface area contributed by atoms with E-state index in [1.54, 1.807) is 0 Å². The first-order chi connectivity index (χ1) is 11.3. The molecule has 1 heterocycles. The van der Waals surface area contributed by atoms with Gasteiger partial charge >= 0.3 is 5.97 Å². The Kier molecular flexibility index (Phi) is 4.94. The summed E-state index contributed by atoms with van der Waals surface area (Å²) in [4.78, 5) is 11.9.